The molecule has 1 amide bonds. The largest absolute Gasteiger partial charge is 0.350 e. The number of H-pyrrole nitrogens is 1. The first-order chi connectivity index (χ1) is 11.7. The smallest absolute Gasteiger partial charge is 0.268 e. The predicted molar refractivity (Wildman–Crippen MR) is 89.6 cm³/mol. The van der Waals surface area contributed by atoms with Crippen molar-refractivity contribution in [1.29, 1.82) is 0 Å². The molecule has 3 N–H and O–H groups in total. The standard InChI is InChI=1S/C17H14FN5O/c18-10-4-5-12-11(9-10)15-13(6-8-20-17(24)16(15)21-12)22-23-14-3-1-2-7-19-14/h1-5,7,9,21H,6,8H2,(H,19,23)(H,20,24)/b22-13-. The first-order valence-electron chi connectivity index (χ1n) is 7.56. The summed E-state index contributed by atoms with van der Waals surface area (Å²) < 4.78 is 13.7. The van der Waals surface area contributed by atoms with E-state index < -0.39 is 0 Å². The average Bonchev–Trinajstić information content (AvgIpc) is 2.89. The second kappa shape index (κ2) is 5.77. The van der Waals surface area contributed by atoms with Crippen LogP contribution in [0, 0.1) is 5.82 Å². The summed E-state index contributed by atoms with van der Waals surface area (Å²) in [4.78, 5) is 19.5. The Labute approximate surface area is 136 Å². The maximum Gasteiger partial charge on any atom is 0.268 e. The molecule has 6 nitrogen and oxygen atoms in total. The van der Waals surface area contributed by atoms with Gasteiger partial charge in [0.15, 0.2) is 0 Å². The van der Waals surface area contributed by atoms with Gasteiger partial charge in [-0.15, -0.1) is 0 Å². The first-order valence-corrected chi connectivity index (χ1v) is 7.56. The number of hydrazone groups is 1. The lowest BCUT2D eigenvalue weighted by Crippen LogP contribution is -2.23. The molecule has 3 aromatic rings. The van der Waals surface area contributed by atoms with E-state index in [1.807, 2.05) is 12.1 Å². The molecule has 0 spiro atoms. The molecule has 120 valence electrons. The minimum absolute atomic E-state index is 0.218. The molecule has 0 unspecified atom stereocenters. The van der Waals surface area contributed by atoms with Crippen molar-refractivity contribution in [3.8, 4) is 0 Å². The minimum Gasteiger partial charge on any atom is -0.350 e. The fourth-order valence-electron chi connectivity index (χ4n) is 2.81. The van der Waals surface area contributed by atoms with Gasteiger partial charge < -0.3 is 10.3 Å². The van der Waals surface area contributed by atoms with Crippen LogP contribution in [0.4, 0.5) is 10.2 Å². The van der Waals surface area contributed by atoms with Crippen molar-refractivity contribution in [3.63, 3.8) is 0 Å². The lowest BCUT2D eigenvalue weighted by Gasteiger charge is -2.05. The van der Waals surface area contributed by atoms with Gasteiger partial charge in [0.1, 0.15) is 17.3 Å². The third kappa shape index (κ3) is 2.50. The number of fused-ring (bicyclic) bond motifs is 3. The number of benzene rings is 1. The van der Waals surface area contributed by atoms with E-state index in [0.29, 0.717) is 46.7 Å². The number of pyridine rings is 1. The molecular weight excluding hydrogens is 309 g/mol. The van der Waals surface area contributed by atoms with E-state index in [4.69, 9.17) is 0 Å². The number of nitrogens with one attached hydrogen (secondary N) is 3. The average molecular weight is 323 g/mol. The quantitative estimate of drug-likeness (QED) is 0.634. The fourth-order valence-corrected chi connectivity index (χ4v) is 2.81. The zero-order valence-corrected chi connectivity index (χ0v) is 12.6. The van der Waals surface area contributed by atoms with Crippen LogP contribution in [-0.2, 0) is 0 Å². The molecule has 0 aliphatic carbocycles. The summed E-state index contributed by atoms with van der Waals surface area (Å²) in [7, 11) is 0. The van der Waals surface area contributed by atoms with E-state index in [1.54, 1.807) is 18.3 Å². The highest BCUT2D eigenvalue weighted by atomic mass is 19.1. The highest BCUT2D eigenvalue weighted by Gasteiger charge is 2.25. The van der Waals surface area contributed by atoms with Gasteiger partial charge in [0.05, 0.1) is 5.71 Å². The summed E-state index contributed by atoms with van der Waals surface area (Å²) in [5, 5.41) is 7.87. The van der Waals surface area contributed by atoms with Gasteiger partial charge in [-0.05, 0) is 30.3 Å². The van der Waals surface area contributed by atoms with Crippen molar-refractivity contribution < 1.29 is 9.18 Å². The molecule has 7 heteroatoms. The van der Waals surface area contributed by atoms with Gasteiger partial charge in [0.25, 0.3) is 5.91 Å². The zero-order valence-electron chi connectivity index (χ0n) is 12.6. The van der Waals surface area contributed by atoms with Crippen LogP contribution in [0.15, 0.2) is 47.7 Å². The van der Waals surface area contributed by atoms with Crippen molar-refractivity contribution >= 4 is 28.3 Å². The van der Waals surface area contributed by atoms with Gasteiger partial charge in [-0.1, -0.05) is 6.07 Å². The maximum absolute atomic E-state index is 13.7. The number of aromatic amines is 1. The number of halogens is 1. The fraction of sp³-hybridized carbons (Fsp3) is 0.118. The Balaban J connectivity index is 1.84. The van der Waals surface area contributed by atoms with Crippen molar-refractivity contribution in [2.24, 2.45) is 5.10 Å². The van der Waals surface area contributed by atoms with Crippen molar-refractivity contribution in [1.82, 2.24) is 15.3 Å². The van der Waals surface area contributed by atoms with Gasteiger partial charge in [-0.3, -0.25) is 10.2 Å². The highest BCUT2D eigenvalue weighted by molar-refractivity contribution is 6.19. The third-order valence-corrected chi connectivity index (χ3v) is 3.89. The molecule has 1 aliphatic rings. The molecule has 1 aromatic carbocycles. The number of hydrogen-bond donors (Lipinski definition) is 3. The molecule has 2 aromatic heterocycles. The lowest BCUT2D eigenvalue weighted by molar-refractivity contribution is 0.0952. The van der Waals surface area contributed by atoms with Gasteiger partial charge in [0, 0.05) is 35.6 Å². The number of carbonyl (C=O) groups excluding carboxylic acids is 1. The highest BCUT2D eigenvalue weighted by Crippen LogP contribution is 2.26. The summed E-state index contributed by atoms with van der Waals surface area (Å²) in [5.41, 5.74) is 5.29. The predicted octanol–water partition coefficient (Wildman–Crippen LogP) is 2.65. The topological polar surface area (TPSA) is 82.2 Å². The molecule has 3 heterocycles. The van der Waals surface area contributed by atoms with Crippen LogP contribution in [0.3, 0.4) is 0 Å². The van der Waals surface area contributed by atoms with Crippen molar-refractivity contribution in [2.75, 3.05) is 12.0 Å². The van der Waals surface area contributed by atoms with Crippen molar-refractivity contribution in [3.05, 3.63) is 59.7 Å². The Morgan fingerprint density at radius 1 is 1.25 bits per heavy atom. The summed E-state index contributed by atoms with van der Waals surface area (Å²) in [6.45, 7) is 0.459. The van der Waals surface area contributed by atoms with Crippen LogP contribution < -0.4 is 10.7 Å². The van der Waals surface area contributed by atoms with E-state index in [2.05, 4.69) is 25.8 Å². The number of aromatic nitrogens is 2. The molecular formula is C17H14FN5O. The SMILES string of the molecule is O=C1NCC/C(=N/Nc2ccccn2)c2c1[nH]c1ccc(F)cc21. The monoisotopic (exact) mass is 323 g/mol. The van der Waals surface area contributed by atoms with Crippen LogP contribution in [0.5, 0.6) is 0 Å². The molecule has 0 atom stereocenters. The summed E-state index contributed by atoms with van der Waals surface area (Å²) in [6.07, 6.45) is 2.19. The molecule has 0 bridgehead atoms. The van der Waals surface area contributed by atoms with Crippen LogP contribution in [0.1, 0.15) is 22.5 Å². The Bertz CT molecular complexity index is 948. The van der Waals surface area contributed by atoms with Gasteiger partial charge in [-0.25, -0.2) is 9.37 Å². The Kier molecular flexibility index (Phi) is 3.45. The number of nitrogens with zero attached hydrogens (tertiary/aromatic N) is 2. The Hall–Kier alpha value is -3.22. The third-order valence-electron chi connectivity index (χ3n) is 3.89. The van der Waals surface area contributed by atoms with E-state index in [-0.39, 0.29) is 11.7 Å². The molecule has 0 radical (unpaired) electrons. The van der Waals surface area contributed by atoms with Crippen LogP contribution >= 0.6 is 0 Å². The molecule has 4 rings (SSSR count). The van der Waals surface area contributed by atoms with Crippen LogP contribution in [0.2, 0.25) is 0 Å². The first kappa shape index (κ1) is 14.4. The van der Waals surface area contributed by atoms with Crippen LogP contribution in [0.25, 0.3) is 10.9 Å². The van der Waals surface area contributed by atoms with Crippen LogP contribution in [-0.4, -0.2) is 28.1 Å². The van der Waals surface area contributed by atoms with E-state index in [9.17, 15) is 9.18 Å². The summed E-state index contributed by atoms with van der Waals surface area (Å²) in [5.74, 6) is 0.0248. The normalized spacial score (nSPS) is 15.9. The summed E-state index contributed by atoms with van der Waals surface area (Å²) >= 11 is 0. The lowest BCUT2D eigenvalue weighted by atomic mass is 10.0. The number of anilines is 1. The number of rotatable bonds is 2. The number of carbonyl (C=O) groups is 1. The Morgan fingerprint density at radius 3 is 3.00 bits per heavy atom. The molecule has 0 saturated heterocycles. The van der Waals surface area contributed by atoms with E-state index >= 15 is 0 Å². The maximum atomic E-state index is 13.7. The molecule has 1 aliphatic heterocycles. The number of amides is 1. The minimum atomic E-state index is -0.356. The molecule has 24 heavy (non-hydrogen) atoms. The zero-order chi connectivity index (χ0) is 16.5. The van der Waals surface area contributed by atoms with Crippen molar-refractivity contribution in [2.45, 2.75) is 6.42 Å². The van der Waals surface area contributed by atoms with E-state index in [0.717, 1.165) is 0 Å². The second-order valence-electron chi connectivity index (χ2n) is 5.46. The molecule has 0 saturated carbocycles. The number of hydrogen-bond acceptors (Lipinski definition) is 4. The molecule has 0 fully saturated rings. The van der Waals surface area contributed by atoms with Gasteiger partial charge >= 0.3 is 0 Å². The van der Waals surface area contributed by atoms with Gasteiger partial charge in [0.2, 0.25) is 0 Å². The van der Waals surface area contributed by atoms with Gasteiger partial charge in [-0.2, -0.15) is 5.10 Å². The summed E-state index contributed by atoms with van der Waals surface area (Å²) in [6, 6.07) is 9.85. The van der Waals surface area contributed by atoms with E-state index in [1.165, 1.54) is 12.1 Å². The second-order valence-corrected chi connectivity index (χ2v) is 5.46. The Morgan fingerprint density at radius 2 is 2.17 bits per heavy atom.